The molecule has 0 spiro atoms. The maximum atomic E-state index is 12.4. The van der Waals surface area contributed by atoms with E-state index in [9.17, 15) is 9.59 Å². The summed E-state index contributed by atoms with van der Waals surface area (Å²) in [6.07, 6.45) is -0.412. The van der Waals surface area contributed by atoms with Crippen molar-refractivity contribution in [3.63, 3.8) is 0 Å². The normalized spacial score (nSPS) is 10.6. The summed E-state index contributed by atoms with van der Waals surface area (Å²) < 4.78 is 5.93. The number of ether oxygens (including phenoxy) is 1. The molecule has 0 fully saturated rings. The van der Waals surface area contributed by atoms with Gasteiger partial charge in [-0.25, -0.2) is 0 Å². The second-order valence-corrected chi connectivity index (χ2v) is 5.63. The van der Waals surface area contributed by atoms with Crippen LogP contribution in [-0.2, 0) is 14.3 Å². The standard InChI is InChI=1S/C20H23NO4/c1-2-21(14-13-19(23)24)18(22)15-25-20(16-9-5-3-6-10-16)17-11-7-4-8-12-17/h3-12,20H,2,13-15H2,1H3,(H,23,24). The number of carboxylic acids is 1. The number of rotatable bonds is 9. The monoisotopic (exact) mass is 341 g/mol. The molecular weight excluding hydrogens is 318 g/mol. The van der Waals surface area contributed by atoms with Crippen molar-refractivity contribution in [2.24, 2.45) is 0 Å². The summed E-state index contributed by atoms with van der Waals surface area (Å²) in [7, 11) is 0. The second kappa shape index (κ2) is 9.59. The average Bonchev–Trinajstić information content (AvgIpc) is 2.64. The third kappa shape index (κ3) is 5.72. The molecule has 5 heteroatoms. The summed E-state index contributed by atoms with van der Waals surface area (Å²) in [5.74, 6) is -1.13. The summed E-state index contributed by atoms with van der Waals surface area (Å²) >= 11 is 0. The number of carboxylic acid groups (broad SMARTS) is 1. The quantitative estimate of drug-likeness (QED) is 0.761. The van der Waals surface area contributed by atoms with E-state index < -0.39 is 5.97 Å². The topological polar surface area (TPSA) is 66.8 Å². The van der Waals surface area contributed by atoms with Crippen molar-refractivity contribution in [1.82, 2.24) is 4.90 Å². The van der Waals surface area contributed by atoms with Crippen LogP contribution in [0, 0.1) is 0 Å². The molecule has 0 bridgehead atoms. The van der Waals surface area contributed by atoms with E-state index in [1.807, 2.05) is 67.6 Å². The minimum atomic E-state index is -0.918. The van der Waals surface area contributed by atoms with Crippen molar-refractivity contribution >= 4 is 11.9 Å². The fraction of sp³-hybridized carbons (Fsp3) is 0.300. The van der Waals surface area contributed by atoms with E-state index in [4.69, 9.17) is 9.84 Å². The number of aliphatic carboxylic acids is 1. The fourth-order valence-electron chi connectivity index (χ4n) is 2.58. The van der Waals surface area contributed by atoms with Crippen molar-refractivity contribution in [3.05, 3.63) is 71.8 Å². The first kappa shape index (κ1) is 18.7. The Morgan fingerprint density at radius 2 is 1.52 bits per heavy atom. The minimum Gasteiger partial charge on any atom is -0.481 e. The first-order valence-corrected chi connectivity index (χ1v) is 8.33. The smallest absolute Gasteiger partial charge is 0.305 e. The number of amides is 1. The Balaban J connectivity index is 2.07. The highest BCUT2D eigenvalue weighted by Gasteiger charge is 2.19. The third-order valence-electron chi connectivity index (χ3n) is 3.91. The Morgan fingerprint density at radius 3 is 1.96 bits per heavy atom. The molecule has 25 heavy (non-hydrogen) atoms. The maximum absolute atomic E-state index is 12.4. The first-order chi connectivity index (χ1) is 12.1. The number of hydrogen-bond donors (Lipinski definition) is 1. The molecule has 2 rings (SSSR count). The molecule has 0 aliphatic carbocycles. The highest BCUT2D eigenvalue weighted by Crippen LogP contribution is 2.25. The highest BCUT2D eigenvalue weighted by molar-refractivity contribution is 5.78. The molecule has 5 nitrogen and oxygen atoms in total. The van der Waals surface area contributed by atoms with Gasteiger partial charge in [0.05, 0.1) is 6.42 Å². The van der Waals surface area contributed by atoms with Gasteiger partial charge >= 0.3 is 5.97 Å². The first-order valence-electron chi connectivity index (χ1n) is 8.33. The average molecular weight is 341 g/mol. The Bertz CT molecular complexity index is 633. The molecule has 0 saturated carbocycles. The zero-order valence-corrected chi connectivity index (χ0v) is 14.3. The van der Waals surface area contributed by atoms with E-state index in [1.54, 1.807) is 0 Å². The molecule has 0 atom stereocenters. The van der Waals surface area contributed by atoms with Crippen molar-refractivity contribution in [1.29, 1.82) is 0 Å². The van der Waals surface area contributed by atoms with Crippen molar-refractivity contribution in [2.75, 3.05) is 19.7 Å². The summed E-state index contributed by atoms with van der Waals surface area (Å²) in [5, 5.41) is 8.79. The molecule has 0 aliphatic rings. The van der Waals surface area contributed by atoms with Gasteiger partial charge in [0.15, 0.2) is 0 Å². The van der Waals surface area contributed by atoms with E-state index >= 15 is 0 Å². The van der Waals surface area contributed by atoms with Crippen LogP contribution in [0.25, 0.3) is 0 Å². The highest BCUT2D eigenvalue weighted by atomic mass is 16.5. The molecule has 1 amide bonds. The largest absolute Gasteiger partial charge is 0.481 e. The SMILES string of the molecule is CCN(CCC(=O)O)C(=O)COC(c1ccccc1)c1ccccc1. The van der Waals surface area contributed by atoms with Crippen LogP contribution < -0.4 is 0 Å². The molecule has 0 aliphatic heterocycles. The summed E-state index contributed by atoms with van der Waals surface area (Å²) in [4.78, 5) is 24.6. The lowest BCUT2D eigenvalue weighted by Crippen LogP contribution is -2.36. The Morgan fingerprint density at radius 1 is 1.00 bits per heavy atom. The van der Waals surface area contributed by atoms with Gasteiger partial charge in [-0.05, 0) is 18.1 Å². The van der Waals surface area contributed by atoms with E-state index in [2.05, 4.69) is 0 Å². The van der Waals surface area contributed by atoms with E-state index in [0.717, 1.165) is 11.1 Å². The minimum absolute atomic E-state index is 0.0691. The van der Waals surface area contributed by atoms with Crippen LogP contribution in [0.2, 0.25) is 0 Å². The lowest BCUT2D eigenvalue weighted by molar-refractivity contribution is -0.140. The molecule has 2 aromatic carbocycles. The zero-order chi connectivity index (χ0) is 18.1. The predicted octanol–water partition coefficient (Wildman–Crippen LogP) is 3.12. The Kier molecular flexibility index (Phi) is 7.16. The molecular formula is C20H23NO4. The Hall–Kier alpha value is -2.66. The summed E-state index contributed by atoms with van der Waals surface area (Å²) in [6.45, 7) is 2.37. The van der Waals surface area contributed by atoms with Crippen LogP contribution in [0.15, 0.2) is 60.7 Å². The summed E-state index contributed by atoms with van der Waals surface area (Å²) in [6, 6.07) is 19.4. The molecule has 132 valence electrons. The number of nitrogens with zero attached hydrogens (tertiary/aromatic N) is 1. The summed E-state index contributed by atoms with van der Waals surface area (Å²) in [5.41, 5.74) is 1.94. The molecule has 0 heterocycles. The predicted molar refractivity (Wildman–Crippen MR) is 95.2 cm³/mol. The maximum Gasteiger partial charge on any atom is 0.305 e. The van der Waals surface area contributed by atoms with Crippen LogP contribution in [0.5, 0.6) is 0 Å². The Labute approximate surface area is 147 Å². The second-order valence-electron chi connectivity index (χ2n) is 5.63. The zero-order valence-electron chi connectivity index (χ0n) is 14.3. The van der Waals surface area contributed by atoms with E-state index in [0.29, 0.717) is 6.54 Å². The van der Waals surface area contributed by atoms with Gasteiger partial charge in [-0.1, -0.05) is 60.7 Å². The van der Waals surface area contributed by atoms with Gasteiger partial charge in [0.2, 0.25) is 5.91 Å². The third-order valence-corrected chi connectivity index (χ3v) is 3.91. The van der Waals surface area contributed by atoms with Gasteiger partial charge in [0.1, 0.15) is 12.7 Å². The lowest BCUT2D eigenvalue weighted by Gasteiger charge is -2.23. The van der Waals surface area contributed by atoms with Crippen LogP contribution in [0.3, 0.4) is 0 Å². The van der Waals surface area contributed by atoms with Crippen LogP contribution in [0.4, 0.5) is 0 Å². The van der Waals surface area contributed by atoms with Crippen LogP contribution >= 0.6 is 0 Å². The number of carbonyl (C=O) groups is 2. The van der Waals surface area contributed by atoms with Crippen LogP contribution in [0.1, 0.15) is 30.6 Å². The number of carbonyl (C=O) groups excluding carboxylic acids is 1. The van der Waals surface area contributed by atoms with Crippen molar-refractivity contribution in [2.45, 2.75) is 19.4 Å². The van der Waals surface area contributed by atoms with E-state index in [1.165, 1.54) is 4.90 Å². The molecule has 0 radical (unpaired) electrons. The number of hydrogen-bond acceptors (Lipinski definition) is 3. The van der Waals surface area contributed by atoms with Crippen molar-refractivity contribution in [3.8, 4) is 0 Å². The van der Waals surface area contributed by atoms with Gasteiger partial charge in [-0.2, -0.15) is 0 Å². The molecule has 0 saturated heterocycles. The van der Waals surface area contributed by atoms with Gasteiger partial charge in [-0.3, -0.25) is 9.59 Å². The number of benzene rings is 2. The molecule has 0 unspecified atom stereocenters. The molecule has 0 aromatic heterocycles. The van der Waals surface area contributed by atoms with Gasteiger partial charge < -0.3 is 14.7 Å². The van der Waals surface area contributed by atoms with Gasteiger partial charge in [-0.15, -0.1) is 0 Å². The van der Waals surface area contributed by atoms with E-state index in [-0.39, 0.29) is 31.6 Å². The number of likely N-dealkylation sites (N-methyl/N-ethyl adjacent to an activating group) is 1. The molecule has 1 N–H and O–H groups in total. The fourth-order valence-corrected chi connectivity index (χ4v) is 2.58. The van der Waals surface area contributed by atoms with Gasteiger partial charge in [0, 0.05) is 13.1 Å². The van der Waals surface area contributed by atoms with Gasteiger partial charge in [0.25, 0.3) is 0 Å². The van der Waals surface area contributed by atoms with Crippen LogP contribution in [-0.4, -0.2) is 41.6 Å². The molecule has 2 aromatic rings. The lowest BCUT2D eigenvalue weighted by atomic mass is 10.0. The van der Waals surface area contributed by atoms with Crippen molar-refractivity contribution < 1.29 is 19.4 Å².